The highest BCUT2D eigenvalue weighted by Gasteiger charge is 2.12. The Balaban J connectivity index is 1.73. The second-order valence-electron chi connectivity index (χ2n) is 5.10. The number of benzene rings is 2. The van der Waals surface area contributed by atoms with Gasteiger partial charge in [-0.25, -0.2) is 8.78 Å². The van der Waals surface area contributed by atoms with Crippen LogP contribution in [0.4, 0.5) is 14.5 Å². The fourth-order valence-corrected chi connectivity index (χ4v) is 2.61. The van der Waals surface area contributed by atoms with Crippen molar-refractivity contribution in [1.29, 1.82) is 0 Å². The van der Waals surface area contributed by atoms with Crippen molar-refractivity contribution in [2.75, 3.05) is 5.32 Å². The fourth-order valence-electron chi connectivity index (χ4n) is 2.61. The Morgan fingerprint density at radius 2 is 1.70 bits per heavy atom. The highest BCUT2D eigenvalue weighted by atomic mass is 19.1. The number of aryl methyl sites for hydroxylation is 2. The number of phenolic OH excluding ortho intramolecular Hbond substituents is 1. The molecule has 0 amide bonds. The van der Waals surface area contributed by atoms with Crippen molar-refractivity contribution < 1.29 is 13.9 Å². The molecule has 0 spiro atoms. The van der Waals surface area contributed by atoms with Crippen LogP contribution in [0.1, 0.15) is 23.1 Å². The monoisotopic (exact) mass is 275 g/mol. The molecular formula is C16H15F2NO. The van der Waals surface area contributed by atoms with Crippen molar-refractivity contribution in [3.63, 3.8) is 0 Å². The summed E-state index contributed by atoms with van der Waals surface area (Å²) in [4.78, 5) is 0. The molecule has 4 heteroatoms. The van der Waals surface area contributed by atoms with Crippen LogP contribution in [0.5, 0.6) is 5.75 Å². The lowest BCUT2D eigenvalue weighted by molar-refractivity contribution is 0.395. The predicted octanol–water partition coefficient (Wildman–Crippen LogP) is 3.77. The summed E-state index contributed by atoms with van der Waals surface area (Å²) >= 11 is 0. The van der Waals surface area contributed by atoms with Crippen LogP contribution in [-0.2, 0) is 19.4 Å². The molecule has 0 fully saturated rings. The maximum atomic E-state index is 13.2. The molecule has 104 valence electrons. The molecule has 0 saturated heterocycles. The normalized spacial score (nSPS) is 13.3. The zero-order valence-corrected chi connectivity index (χ0v) is 10.9. The Hall–Kier alpha value is -2.10. The standard InChI is InChI=1S/C16H15F2NO/c17-14-6-10(7-15(18)16(14)20)9-19-13-5-4-11-2-1-3-12(11)8-13/h4-8,19-20H,1-3,9H2. The molecule has 0 unspecified atom stereocenters. The lowest BCUT2D eigenvalue weighted by Crippen LogP contribution is -2.01. The molecule has 2 N–H and O–H groups in total. The molecule has 2 aromatic rings. The number of anilines is 1. The van der Waals surface area contributed by atoms with Crippen LogP contribution in [0.3, 0.4) is 0 Å². The van der Waals surface area contributed by atoms with Gasteiger partial charge in [0.1, 0.15) is 0 Å². The highest BCUT2D eigenvalue weighted by Crippen LogP contribution is 2.26. The third-order valence-electron chi connectivity index (χ3n) is 3.67. The number of nitrogens with one attached hydrogen (secondary N) is 1. The first-order chi connectivity index (χ1) is 9.63. The third kappa shape index (κ3) is 2.46. The number of hydrogen-bond donors (Lipinski definition) is 2. The van der Waals surface area contributed by atoms with E-state index in [0.717, 1.165) is 30.7 Å². The van der Waals surface area contributed by atoms with Crippen LogP contribution in [0.25, 0.3) is 0 Å². The molecule has 1 aliphatic rings. The molecule has 20 heavy (non-hydrogen) atoms. The number of hydrogen-bond acceptors (Lipinski definition) is 2. The first-order valence-corrected chi connectivity index (χ1v) is 6.66. The Bertz CT molecular complexity index is 632. The van der Waals surface area contributed by atoms with Gasteiger partial charge in [-0.15, -0.1) is 0 Å². The van der Waals surface area contributed by atoms with Gasteiger partial charge >= 0.3 is 0 Å². The van der Waals surface area contributed by atoms with Gasteiger partial charge < -0.3 is 10.4 Å². The lowest BCUT2D eigenvalue weighted by Gasteiger charge is -2.09. The predicted molar refractivity (Wildman–Crippen MR) is 73.8 cm³/mol. The minimum absolute atomic E-state index is 0.312. The average molecular weight is 275 g/mol. The fraction of sp³-hybridized carbons (Fsp3) is 0.250. The molecular weight excluding hydrogens is 260 g/mol. The average Bonchev–Trinajstić information content (AvgIpc) is 2.89. The van der Waals surface area contributed by atoms with E-state index in [4.69, 9.17) is 5.11 Å². The van der Waals surface area contributed by atoms with Gasteiger partial charge in [0.25, 0.3) is 0 Å². The van der Waals surface area contributed by atoms with Gasteiger partial charge in [0.15, 0.2) is 17.4 Å². The third-order valence-corrected chi connectivity index (χ3v) is 3.67. The van der Waals surface area contributed by atoms with Crippen LogP contribution < -0.4 is 5.32 Å². The minimum Gasteiger partial charge on any atom is -0.503 e. The highest BCUT2D eigenvalue weighted by molar-refractivity contribution is 5.50. The van der Waals surface area contributed by atoms with Gasteiger partial charge in [0.05, 0.1) is 0 Å². The van der Waals surface area contributed by atoms with Crippen molar-refractivity contribution in [3.05, 3.63) is 58.7 Å². The summed E-state index contributed by atoms with van der Waals surface area (Å²) in [7, 11) is 0. The molecule has 2 nitrogen and oxygen atoms in total. The van der Waals surface area contributed by atoms with Crippen LogP contribution in [0.15, 0.2) is 30.3 Å². The van der Waals surface area contributed by atoms with Crippen molar-refractivity contribution in [3.8, 4) is 5.75 Å². The number of rotatable bonds is 3. The molecule has 1 aliphatic carbocycles. The second kappa shape index (κ2) is 5.12. The van der Waals surface area contributed by atoms with Crippen molar-refractivity contribution in [1.82, 2.24) is 0 Å². The zero-order chi connectivity index (χ0) is 14.1. The SMILES string of the molecule is Oc1c(F)cc(CNc2ccc3c(c2)CCC3)cc1F. The van der Waals surface area contributed by atoms with E-state index in [-0.39, 0.29) is 0 Å². The smallest absolute Gasteiger partial charge is 0.187 e. The number of halogens is 2. The summed E-state index contributed by atoms with van der Waals surface area (Å²) in [5, 5.41) is 12.2. The number of aromatic hydroxyl groups is 1. The van der Waals surface area contributed by atoms with Crippen LogP contribution in [0, 0.1) is 11.6 Å². The Labute approximate surface area is 116 Å². The topological polar surface area (TPSA) is 32.3 Å². The van der Waals surface area contributed by atoms with E-state index in [2.05, 4.69) is 17.4 Å². The Morgan fingerprint density at radius 1 is 1.00 bits per heavy atom. The largest absolute Gasteiger partial charge is 0.503 e. The summed E-state index contributed by atoms with van der Waals surface area (Å²) < 4.78 is 26.5. The zero-order valence-electron chi connectivity index (χ0n) is 10.9. The van der Waals surface area contributed by atoms with Gasteiger partial charge in [0, 0.05) is 12.2 Å². The Morgan fingerprint density at radius 3 is 2.45 bits per heavy atom. The van der Waals surface area contributed by atoms with E-state index < -0.39 is 17.4 Å². The van der Waals surface area contributed by atoms with Gasteiger partial charge in [-0.1, -0.05) is 6.07 Å². The minimum atomic E-state index is -0.934. The molecule has 0 heterocycles. The van der Waals surface area contributed by atoms with E-state index in [1.54, 1.807) is 0 Å². The molecule has 2 aromatic carbocycles. The lowest BCUT2D eigenvalue weighted by atomic mass is 10.1. The molecule has 0 aromatic heterocycles. The summed E-state index contributed by atoms with van der Waals surface area (Å²) in [5.41, 5.74) is 4.13. The number of fused-ring (bicyclic) bond motifs is 1. The van der Waals surface area contributed by atoms with E-state index in [1.807, 2.05) is 6.07 Å². The molecule has 0 bridgehead atoms. The summed E-state index contributed by atoms with van der Waals surface area (Å²) in [6.07, 6.45) is 3.41. The van der Waals surface area contributed by atoms with E-state index in [9.17, 15) is 8.78 Å². The molecule has 3 rings (SSSR count). The second-order valence-corrected chi connectivity index (χ2v) is 5.10. The van der Waals surface area contributed by atoms with Gasteiger partial charge in [-0.05, 0) is 60.2 Å². The van der Waals surface area contributed by atoms with E-state index in [0.29, 0.717) is 12.1 Å². The summed E-state index contributed by atoms with van der Waals surface area (Å²) in [5.74, 6) is -2.79. The maximum Gasteiger partial charge on any atom is 0.187 e. The molecule has 0 radical (unpaired) electrons. The van der Waals surface area contributed by atoms with Crippen LogP contribution in [-0.4, -0.2) is 5.11 Å². The molecule has 0 saturated carbocycles. The van der Waals surface area contributed by atoms with Gasteiger partial charge in [0.2, 0.25) is 0 Å². The van der Waals surface area contributed by atoms with Crippen LogP contribution >= 0.6 is 0 Å². The first-order valence-electron chi connectivity index (χ1n) is 6.66. The maximum absolute atomic E-state index is 13.2. The Kier molecular flexibility index (Phi) is 3.30. The van der Waals surface area contributed by atoms with E-state index in [1.165, 1.54) is 17.5 Å². The first kappa shape index (κ1) is 12.9. The van der Waals surface area contributed by atoms with Crippen molar-refractivity contribution in [2.24, 2.45) is 0 Å². The van der Waals surface area contributed by atoms with E-state index >= 15 is 0 Å². The van der Waals surface area contributed by atoms with Gasteiger partial charge in [-0.3, -0.25) is 0 Å². The van der Waals surface area contributed by atoms with Gasteiger partial charge in [-0.2, -0.15) is 0 Å². The summed E-state index contributed by atoms with van der Waals surface area (Å²) in [6.45, 7) is 0.312. The molecule has 0 aliphatic heterocycles. The van der Waals surface area contributed by atoms with Crippen molar-refractivity contribution in [2.45, 2.75) is 25.8 Å². The quantitative estimate of drug-likeness (QED) is 0.893. The summed E-state index contributed by atoms with van der Waals surface area (Å²) in [6, 6.07) is 8.45. The number of phenols is 1. The van der Waals surface area contributed by atoms with Crippen molar-refractivity contribution >= 4 is 5.69 Å². The van der Waals surface area contributed by atoms with Crippen LogP contribution in [0.2, 0.25) is 0 Å². The molecule has 0 atom stereocenters.